The normalized spacial score (nSPS) is 10.3. The molecule has 3 aromatic rings. The fourth-order valence-electron chi connectivity index (χ4n) is 2.28. The molecule has 0 spiro atoms. The molecule has 0 aliphatic heterocycles. The Morgan fingerprint density at radius 1 is 0.826 bits per heavy atom. The highest BCUT2D eigenvalue weighted by Gasteiger charge is 2.07. The molecule has 0 saturated heterocycles. The average Bonchev–Trinajstić information content (AvgIpc) is 2.61. The van der Waals surface area contributed by atoms with Crippen molar-refractivity contribution in [2.24, 2.45) is 0 Å². The number of rotatable bonds is 5. The van der Waals surface area contributed by atoms with Crippen LogP contribution in [0, 0.1) is 10.1 Å². The minimum Gasteiger partial charge on any atom is -0.489 e. The molecule has 0 N–H and O–H groups in total. The second kappa shape index (κ2) is 6.75. The smallest absolute Gasteiger partial charge is 0.270 e. The van der Waals surface area contributed by atoms with Crippen LogP contribution in [0.15, 0.2) is 78.9 Å². The van der Waals surface area contributed by atoms with Crippen LogP contribution in [-0.4, -0.2) is 4.92 Å². The lowest BCUT2D eigenvalue weighted by atomic mass is 10.1. The second-order valence-corrected chi connectivity index (χ2v) is 5.11. The van der Waals surface area contributed by atoms with E-state index in [0.717, 1.165) is 22.4 Å². The molecule has 3 aromatic carbocycles. The number of hydrogen-bond donors (Lipinski definition) is 0. The number of non-ortho nitro benzene ring substituents is 1. The number of nitro groups is 1. The van der Waals surface area contributed by atoms with Gasteiger partial charge in [-0.2, -0.15) is 0 Å². The second-order valence-electron chi connectivity index (χ2n) is 5.11. The minimum absolute atomic E-state index is 0.0897. The molecule has 0 amide bonds. The molecule has 0 atom stereocenters. The summed E-state index contributed by atoms with van der Waals surface area (Å²) in [6.45, 7) is 0.511. The predicted molar refractivity (Wildman–Crippen MR) is 89.3 cm³/mol. The van der Waals surface area contributed by atoms with E-state index in [1.807, 2.05) is 60.7 Å². The molecule has 0 aromatic heterocycles. The van der Waals surface area contributed by atoms with Crippen LogP contribution in [0.5, 0.6) is 5.75 Å². The summed E-state index contributed by atoms with van der Waals surface area (Å²) < 4.78 is 5.74. The highest BCUT2D eigenvalue weighted by Crippen LogP contribution is 2.26. The van der Waals surface area contributed by atoms with Gasteiger partial charge in [-0.15, -0.1) is 0 Å². The van der Waals surface area contributed by atoms with E-state index in [4.69, 9.17) is 4.74 Å². The van der Waals surface area contributed by atoms with Gasteiger partial charge in [0, 0.05) is 12.1 Å². The fourth-order valence-corrected chi connectivity index (χ4v) is 2.28. The molecule has 0 fully saturated rings. The maximum absolute atomic E-state index is 10.8. The number of benzene rings is 3. The third-order valence-electron chi connectivity index (χ3n) is 3.49. The molecule has 0 aliphatic rings. The monoisotopic (exact) mass is 305 g/mol. The minimum atomic E-state index is -0.388. The van der Waals surface area contributed by atoms with Gasteiger partial charge in [-0.3, -0.25) is 10.1 Å². The van der Waals surface area contributed by atoms with E-state index in [9.17, 15) is 10.1 Å². The summed E-state index contributed by atoms with van der Waals surface area (Å²) in [4.78, 5) is 10.5. The zero-order valence-electron chi connectivity index (χ0n) is 12.4. The third-order valence-corrected chi connectivity index (χ3v) is 3.49. The first-order valence-corrected chi connectivity index (χ1v) is 7.24. The zero-order chi connectivity index (χ0) is 16.1. The van der Waals surface area contributed by atoms with Gasteiger partial charge in [0.05, 0.1) is 4.92 Å². The van der Waals surface area contributed by atoms with Crippen molar-refractivity contribution in [3.8, 4) is 16.9 Å². The molecule has 4 heteroatoms. The van der Waals surface area contributed by atoms with Crippen molar-refractivity contribution in [2.45, 2.75) is 6.61 Å². The summed E-state index contributed by atoms with van der Waals surface area (Å²) in [6, 6.07) is 24.1. The van der Waals surface area contributed by atoms with Gasteiger partial charge in [0.15, 0.2) is 0 Å². The van der Waals surface area contributed by atoms with Gasteiger partial charge in [-0.05, 0) is 28.8 Å². The SMILES string of the molecule is O=[N+]([O-])c1cccc(-c2ccc(OCc3ccccc3)cc2)c1. The topological polar surface area (TPSA) is 52.4 Å². The van der Waals surface area contributed by atoms with Gasteiger partial charge in [-0.1, -0.05) is 54.6 Å². The first kappa shape index (κ1) is 14.8. The molecule has 0 saturated carbocycles. The molecular formula is C19H15NO3. The summed E-state index contributed by atoms with van der Waals surface area (Å²) in [7, 11) is 0. The van der Waals surface area contributed by atoms with Gasteiger partial charge < -0.3 is 4.74 Å². The van der Waals surface area contributed by atoms with Gasteiger partial charge >= 0.3 is 0 Å². The molecule has 0 bridgehead atoms. The van der Waals surface area contributed by atoms with Crippen molar-refractivity contribution in [1.29, 1.82) is 0 Å². The van der Waals surface area contributed by atoms with Gasteiger partial charge in [0.2, 0.25) is 0 Å². The lowest BCUT2D eigenvalue weighted by Gasteiger charge is -2.07. The van der Waals surface area contributed by atoms with E-state index < -0.39 is 0 Å². The van der Waals surface area contributed by atoms with Gasteiger partial charge in [0.1, 0.15) is 12.4 Å². The van der Waals surface area contributed by atoms with Crippen molar-refractivity contribution < 1.29 is 9.66 Å². The summed E-state index contributed by atoms with van der Waals surface area (Å²) in [5, 5.41) is 10.8. The zero-order valence-corrected chi connectivity index (χ0v) is 12.4. The van der Waals surface area contributed by atoms with Crippen molar-refractivity contribution in [1.82, 2.24) is 0 Å². The van der Waals surface area contributed by atoms with Crippen LogP contribution in [0.25, 0.3) is 11.1 Å². The number of hydrogen-bond acceptors (Lipinski definition) is 3. The Labute approximate surface area is 134 Å². The quantitative estimate of drug-likeness (QED) is 0.500. The molecule has 0 heterocycles. The van der Waals surface area contributed by atoms with E-state index in [1.54, 1.807) is 12.1 Å². The van der Waals surface area contributed by atoms with Crippen LogP contribution in [-0.2, 0) is 6.61 Å². The van der Waals surface area contributed by atoms with Gasteiger partial charge in [0.25, 0.3) is 5.69 Å². The molecule has 0 unspecified atom stereocenters. The molecule has 114 valence electrons. The highest BCUT2D eigenvalue weighted by molar-refractivity contribution is 5.66. The Balaban J connectivity index is 1.72. The standard InChI is InChI=1S/C19H15NO3/c21-20(22)18-8-4-7-17(13-18)16-9-11-19(12-10-16)23-14-15-5-2-1-3-6-15/h1-13H,14H2. The summed E-state index contributed by atoms with van der Waals surface area (Å²) in [5.74, 6) is 0.767. The largest absolute Gasteiger partial charge is 0.489 e. The van der Waals surface area contributed by atoms with Crippen LogP contribution < -0.4 is 4.74 Å². The fraction of sp³-hybridized carbons (Fsp3) is 0.0526. The lowest BCUT2D eigenvalue weighted by Crippen LogP contribution is -1.94. The Kier molecular flexibility index (Phi) is 4.34. The Morgan fingerprint density at radius 2 is 1.57 bits per heavy atom. The summed E-state index contributed by atoms with van der Waals surface area (Å²) in [6.07, 6.45) is 0. The molecule has 0 aliphatic carbocycles. The van der Waals surface area contributed by atoms with Crippen LogP contribution in [0.4, 0.5) is 5.69 Å². The van der Waals surface area contributed by atoms with Crippen molar-refractivity contribution in [3.63, 3.8) is 0 Å². The Morgan fingerprint density at radius 3 is 2.26 bits per heavy atom. The molecule has 23 heavy (non-hydrogen) atoms. The third kappa shape index (κ3) is 3.74. The summed E-state index contributed by atoms with van der Waals surface area (Å²) >= 11 is 0. The molecule has 0 radical (unpaired) electrons. The highest BCUT2D eigenvalue weighted by atomic mass is 16.6. The number of ether oxygens (including phenoxy) is 1. The lowest BCUT2D eigenvalue weighted by molar-refractivity contribution is -0.384. The number of nitrogens with zero attached hydrogens (tertiary/aromatic N) is 1. The van der Waals surface area contributed by atoms with Crippen LogP contribution in [0.3, 0.4) is 0 Å². The Hall–Kier alpha value is -3.14. The van der Waals surface area contributed by atoms with Crippen molar-refractivity contribution >= 4 is 5.69 Å². The van der Waals surface area contributed by atoms with E-state index in [-0.39, 0.29) is 10.6 Å². The van der Waals surface area contributed by atoms with Crippen molar-refractivity contribution in [3.05, 3.63) is 94.5 Å². The number of nitro benzene ring substituents is 1. The average molecular weight is 305 g/mol. The van der Waals surface area contributed by atoms with Crippen LogP contribution in [0.1, 0.15) is 5.56 Å². The predicted octanol–water partition coefficient (Wildman–Crippen LogP) is 4.84. The van der Waals surface area contributed by atoms with Crippen molar-refractivity contribution in [2.75, 3.05) is 0 Å². The van der Waals surface area contributed by atoms with E-state index in [2.05, 4.69) is 0 Å². The maximum Gasteiger partial charge on any atom is 0.270 e. The van der Waals surface area contributed by atoms with E-state index in [1.165, 1.54) is 6.07 Å². The first-order chi connectivity index (χ1) is 11.2. The molecule has 3 rings (SSSR count). The Bertz CT molecular complexity index is 798. The van der Waals surface area contributed by atoms with E-state index in [0.29, 0.717) is 6.61 Å². The van der Waals surface area contributed by atoms with Crippen LogP contribution in [0.2, 0.25) is 0 Å². The summed E-state index contributed by atoms with van der Waals surface area (Å²) in [5.41, 5.74) is 2.93. The first-order valence-electron chi connectivity index (χ1n) is 7.24. The maximum atomic E-state index is 10.8. The van der Waals surface area contributed by atoms with E-state index >= 15 is 0 Å². The van der Waals surface area contributed by atoms with Gasteiger partial charge in [-0.25, -0.2) is 0 Å². The molecular weight excluding hydrogens is 290 g/mol. The molecule has 4 nitrogen and oxygen atoms in total. The van der Waals surface area contributed by atoms with Crippen LogP contribution >= 0.6 is 0 Å².